The Labute approximate surface area is 68.1 Å². The van der Waals surface area contributed by atoms with E-state index >= 15 is 0 Å². The number of nitrogens with one attached hydrogen (secondary N) is 1. The first-order chi connectivity index (χ1) is 5.54. The zero-order valence-corrected chi connectivity index (χ0v) is 6.45. The zero-order valence-electron chi connectivity index (χ0n) is 6.45. The van der Waals surface area contributed by atoms with Gasteiger partial charge in [0, 0.05) is 0 Å². The zero-order chi connectivity index (χ0) is 8.82. The van der Waals surface area contributed by atoms with Crippen LogP contribution in [0.5, 0.6) is 0 Å². The first-order valence-corrected chi connectivity index (χ1v) is 3.96. The van der Waals surface area contributed by atoms with Crippen molar-refractivity contribution in [3.05, 3.63) is 0 Å². The summed E-state index contributed by atoms with van der Waals surface area (Å²) in [5.41, 5.74) is -1.57. The van der Waals surface area contributed by atoms with Crippen LogP contribution in [0.1, 0.15) is 12.8 Å². The number of halogens is 3. The van der Waals surface area contributed by atoms with E-state index in [1.165, 1.54) is 0 Å². The molecule has 2 nitrogen and oxygen atoms in total. The molecule has 1 heterocycles. The number of ether oxygens (including phenoxy) is 1. The van der Waals surface area contributed by atoms with E-state index in [0.717, 1.165) is 0 Å². The maximum atomic E-state index is 12.3. The van der Waals surface area contributed by atoms with E-state index < -0.39 is 11.7 Å². The summed E-state index contributed by atoms with van der Waals surface area (Å²) in [6, 6.07) is -0.0888. The lowest BCUT2D eigenvalue weighted by molar-refractivity contribution is -0.174. The molecule has 0 bridgehead atoms. The lowest BCUT2D eigenvalue weighted by atomic mass is 10.2. The number of alkyl halides is 3. The van der Waals surface area contributed by atoms with Gasteiger partial charge in [0.25, 0.3) is 0 Å². The molecule has 1 aliphatic carbocycles. The summed E-state index contributed by atoms with van der Waals surface area (Å²) in [7, 11) is 0. The summed E-state index contributed by atoms with van der Waals surface area (Å²) in [4.78, 5) is 0. The summed E-state index contributed by atoms with van der Waals surface area (Å²) in [6.45, 7) is 0.829. The maximum Gasteiger partial charge on any atom is 0.406 e. The van der Waals surface area contributed by atoms with Crippen LogP contribution in [0.3, 0.4) is 0 Å². The monoisotopic (exact) mass is 181 g/mol. The van der Waals surface area contributed by atoms with Gasteiger partial charge in [-0.3, -0.25) is 5.32 Å². The van der Waals surface area contributed by atoms with Gasteiger partial charge in [-0.05, 0) is 12.8 Å². The van der Waals surface area contributed by atoms with Gasteiger partial charge in [0.15, 0.2) is 0 Å². The summed E-state index contributed by atoms with van der Waals surface area (Å²) >= 11 is 0. The van der Waals surface area contributed by atoms with Crippen LogP contribution in [0.4, 0.5) is 13.2 Å². The molecule has 0 aromatic carbocycles. The van der Waals surface area contributed by atoms with Crippen LogP contribution in [0.2, 0.25) is 0 Å². The van der Waals surface area contributed by atoms with Crippen molar-refractivity contribution in [3.63, 3.8) is 0 Å². The Morgan fingerprint density at radius 3 is 2.08 bits per heavy atom. The molecule has 2 rings (SSSR count). The molecule has 0 spiro atoms. The maximum absolute atomic E-state index is 12.3. The highest BCUT2D eigenvalue weighted by molar-refractivity contribution is 5.09. The second-order valence-electron chi connectivity index (χ2n) is 3.46. The van der Waals surface area contributed by atoms with E-state index in [9.17, 15) is 13.2 Å². The van der Waals surface area contributed by atoms with Gasteiger partial charge in [0.2, 0.25) is 0 Å². The van der Waals surface area contributed by atoms with Crippen LogP contribution in [-0.2, 0) is 4.74 Å². The average molecular weight is 181 g/mol. The molecule has 1 aliphatic heterocycles. The van der Waals surface area contributed by atoms with Gasteiger partial charge in [0.05, 0.1) is 19.3 Å². The van der Waals surface area contributed by atoms with Crippen molar-refractivity contribution in [2.45, 2.75) is 30.6 Å². The molecule has 0 unspecified atom stereocenters. The third-order valence-electron chi connectivity index (χ3n) is 2.41. The van der Waals surface area contributed by atoms with Crippen molar-refractivity contribution in [1.29, 1.82) is 0 Å². The normalized spacial score (nSPS) is 28.2. The predicted octanol–water partition coefficient (Wildman–Crippen LogP) is 1.07. The first kappa shape index (κ1) is 8.31. The standard InChI is InChI=1S/C7H10F3NO/c8-7(9,10)6(1-2-6)11-5-3-12-4-5/h5,11H,1-4H2. The van der Waals surface area contributed by atoms with Gasteiger partial charge in [-0.2, -0.15) is 13.2 Å². The Bertz CT molecular complexity index is 184. The summed E-state index contributed by atoms with van der Waals surface area (Å²) < 4.78 is 41.7. The Hall–Kier alpha value is -0.290. The third-order valence-corrected chi connectivity index (χ3v) is 2.41. The molecule has 0 amide bonds. The van der Waals surface area contributed by atoms with E-state index in [2.05, 4.69) is 5.32 Å². The Morgan fingerprint density at radius 2 is 1.83 bits per heavy atom. The first-order valence-electron chi connectivity index (χ1n) is 3.96. The van der Waals surface area contributed by atoms with Crippen LogP contribution in [-0.4, -0.2) is 31.0 Å². The lowest BCUT2D eigenvalue weighted by Gasteiger charge is -2.32. The van der Waals surface area contributed by atoms with Crippen LogP contribution in [0.15, 0.2) is 0 Å². The summed E-state index contributed by atoms with van der Waals surface area (Å²) in [5.74, 6) is 0. The molecular weight excluding hydrogens is 171 g/mol. The quantitative estimate of drug-likeness (QED) is 0.688. The highest BCUT2D eigenvalue weighted by Gasteiger charge is 2.64. The summed E-state index contributed by atoms with van der Waals surface area (Å²) in [5, 5.41) is 2.59. The molecule has 1 saturated heterocycles. The van der Waals surface area contributed by atoms with E-state index in [-0.39, 0.29) is 18.9 Å². The molecule has 5 heteroatoms. The Balaban J connectivity index is 1.92. The Morgan fingerprint density at radius 1 is 1.25 bits per heavy atom. The summed E-state index contributed by atoms with van der Waals surface area (Å²) in [6.07, 6.45) is -3.66. The van der Waals surface area contributed by atoms with Gasteiger partial charge in [-0.15, -0.1) is 0 Å². The molecular formula is C7H10F3NO. The Kier molecular flexibility index (Phi) is 1.63. The van der Waals surface area contributed by atoms with Crippen molar-refractivity contribution < 1.29 is 17.9 Å². The second-order valence-corrected chi connectivity index (χ2v) is 3.46. The van der Waals surface area contributed by atoms with Crippen molar-refractivity contribution in [3.8, 4) is 0 Å². The van der Waals surface area contributed by atoms with Crippen LogP contribution in [0, 0.1) is 0 Å². The van der Waals surface area contributed by atoms with Crippen molar-refractivity contribution in [1.82, 2.24) is 5.32 Å². The van der Waals surface area contributed by atoms with Crippen LogP contribution >= 0.6 is 0 Å². The van der Waals surface area contributed by atoms with Crippen LogP contribution in [0.25, 0.3) is 0 Å². The molecule has 0 radical (unpaired) electrons. The minimum absolute atomic E-state index is 0.0888. The van der Waals surface area contributed by atoms with Crippen molar-refractivity contribution >= 4 is 0 Å². The number of hydrogen-bond acceptors (Lipinski definition) is 2. The smallest absolute Gasteiger partial charge is 0.378 e. The average Bonchev–Trinajstić information content (AvgIpc) is 2.56. The molecule has 2 aliphatic rings. The van der Waals surface area contributed by atoms with E-state index in [4.69, 9.17) is 4.74 Å². The predicted molar refractivity (Wildman–Crippen MR) is 35.8 cm³/mol. The fourth-order valence-corrected chi connectivity index (χ4v) is 1.34. The van der Waals surface area contributed by atoms with E-state index in [1.807, 2.05) is 0 Å². The van der Waals surface area contributed by atoms with Gasteiger partial charge < -0.3 is 4.74 Å². The lowest BCUT2D eigenvalue weighted by Crippen LogP contribution is -2.56. The highest BCUT2D eigenvalue weighted by atomic mass is 19.4. The molecule has 1 N–H and O–H groups in total. The molecule has 2 fully saturated rings. The minimum atomic E-state index is -4.09. The van der Waals surface area contributed by atoms with Crippen LogP contribution < -0.4 is 5.32 Å². The SMILES string of the molecule is FC(F)(F)C1(NC2COC2)CC1. The van der Waals surface area contributed by atoms with Gasteiger partial charge in [0.1, 0.15) is 5.54 Å². The number of hydrogen-bond donors (Lipinski definition) is 1. The second kappa shape index (κ2) is 2.35. The third kappa shape index (κ3) is 1.21. The molecule has 0 aromatic heterocycles. The van der Waals surface area contributed by atoms with Crippen molar-refractivity contribution in [2.75, 3.05) is 13.2 Å². The highest BCUT2D eigenvalue weighted by Crippen LogP contribution is 2.49. The largest absolute Gasteiger partial charge is 0.406 e. The van der Waals surface area contributed by atoms with E-state index in [0.29, 0.717) is 13.2 Å². The topological polar surface area (TPSA) is 21.3 Å². The number of rotatable bonds is 2. The molecule has 1 saturated carbocycles. The molecule has 12 heavy (non-hydrogen) atoms. The minimum Gasteiger partial charge on any atom is -0.378 e. The van der Waals surface area contributed by atoms with Gasteiger partial charge in [-0.1, -0.05) is 0 Å². The van der Waals surface area contributed by atoms with E-state index in [1.54, 1.807) is 0 Å². The van der Waals surface area contributed by atoms with Crippen molar-refractivity contribution in [2.24, 2.45) is 0 Å². The van der Waals surface area contributed by atoms with Gasteiger partial charge >= 0.3 is 6.18 Å². The molecule has 0 atom stereocenters. The molecule has 70 valence electrons. The fraction of sp³-hybridized carbons (Fsp3) is 1.00. The van der Waals surface area contributed by atoms with Gasteiger partial charge in [-0.25, -0.2) is 0 Å². The molecule has 0 aromatic rings. The fourth-order valence-electron chi connectivity index (χ4n) is 1.34.